The lowest BCUT2D eigenvalue weighted by Crippen LogP contribution is -2.07. The van der Waals surface area contributed by atoms with Gasteiger partial charge in [0.05, 0.1) is 13.2 Å². The second-order valence-electron chi connectivity index (χ2n) is 2.95. The zero-order chi connectivity index (χ0) is 12.0. The molecule has 0 amide bonds. The predicted octanol–water partition coefficient (Wildman–Crippen LogP) is 2.81. The van der Waals surface area contributed by atoms with Gasteiger partial charge in [0.2, 0.25) is 0 Å². The van der Waals surface area contributed by atoms with E-state index < -0.39 is 5.51 Å². The normalized spacial score (nSPS) is 11.5. The summed E-state index contributed by atoms with van der Waals surface area (Å²) in [6, 6.07) is 6.62. The maximum absolute atomic E-state index is 11.8. The molecule has 16 heavy (non-hydrogen) atoms. The number of hydrogen-bond donors (Lipinski definition) is 1. The van der Waals surface area contributed by atoms with Crippen LogP contribution in [0.15, 0.2) is 24.3 Å². The molecule has 2 nitrogen and oxygen atoms in total. The molecule has 0 radical (unpaired) electrons. The number of benzene rings is 1. The molecule has 0 unspecified atom stereocenters. The van der Waals surface area contributed by atoms with Gasteiger partial charge in [-0.15, -0.1) is 0 Å². The van der Waals surface area contributed by atoms with Gasteiger partial charge in [0.25, 0.3) is 0 Å². The van der Waals surface area contributed by atoms with Crippen molar-refractivity contribution in [3.8, 4) is 5.75 Å². The Morgan fingerprint density at radius 1 is 1.31 bits per heavy atom. The van der Waals surface area contributed by atoms with Gasteiger partial charge in [-0.3, -0.25) is 0 Å². The van der Waals surface area contributed by atoms with E-state index in [9.17, 15) is 13.2 Å². The van der Waals surface area contributed by atoms with Crippen LogP contribution in [0.4, 0.5) is 13.2 Å². The van der Waals surface area contributed by atoms with Gasteiger partial charge in [-0.2, -0.15) is 13.2 Å². The van der Waals surface area contributed by atoms with Crippen LogP contribution < -0.4 is 4.74 Å². The number of halogens is 3. The van der Waals surface area contributed by atoms with E-state index in [-0.39, 0.29) is 30.7 Å². The standard InChI is InChI=1S/C10H11F3O2S/c11-10(12,13)16-5-4-15-9-3-1-2-8(6-9)7-14/h1-3,6,14H,4-5,7H2. The second kappa shape index (κ2) is 6.00. The van der Waals surface area contributed by atoms with Crippen molar-refractivity contribution in [3.05, 3.63) is 29.8 Å². The zero-order valence-corrected chi connectivity index (χ0v) is 9.14. The first kappa shape index (κ1) is 13.2. The average Bonchev–Trinajstić information content (AvgIpc) is 2.23. The molecule has 0 heterocycles. The van der Waals surface area contributed by atoms with Crippen LogP contribution in [0.2, 0.25) is 0 Å². The van der Waals surface area contributed by atoms with Gasteiger partial charge in [0, 0.05) is 5.75 Å². The first-order valence-corrected chi connectivity index (χ1v) is 5.53. The third-order valence-corrected chi connectivity index (χ3v) is 2.40. The molecule has 0 saturated carbocycles. The molecule has 0 aliphatic heterocycles. The molecule has 90 valence electrons. The molecule has 0 fully saturated rings. The number of alkyl halides is 3. The SMILES string of the molecule is OCc1cccc(OCCSC(F)(F)F)c1. The van der Waals surface area contributed by atoms with E-state index >= 15 is 0 Å². The van der Waals surface area contributed by atoms with Gasteiger partial charge in [-0.25, -0.2) is 0 Å². The van der Waals surface area contributed by atoms with E-state index in [2.05, 4.69) is 0 Å². The molecule has 6 heteroatoms. The highest BCUT2D eigenvalue weighted by atomic mass is 32.2. The minimum Gasteiger partial charge on any atom is -0.493 e. The van der Waals surface area contributed by atoms with Crippen molar-refractivity contribution in [2.45, 2.75) is 12.1 Å². The van der Waals surface area contributed by atoms with Crippen LogP contribution in [-0.2, 0) is 6.61 Å². The molecular weight excluding hydrogens is 241 g/mol. The van der Waals surface area contributed by atoms with Gasteiger partial charge >= 0.3 is 5.51 Å². The zero-order valence-electron chi connectivity index (χ0n) is 8.33. The van der Waals surface area contributed by atoms with Crippen LogP contribution in [-0.4, -0.2) is 23.0 Å². The average molecular weight is 252 g/mol. The van der Waals surface area contributed by atoms with Crippen molar-refractivity contribution in [2.24, 2.45) is 0 Å². The number of aliphatic hydroxyl groups excluding tert-OH is 1. The van der Waals surface area contributed by atoms with E-state index in [0.29, 0.717) is 11.3 Å². The summed E-state index contributed by atoms with van der Waals surface area (Å²) < 4.78 is 40.4. The van der Waals surface area contributed by atoms with Gasteiger partial charge in [0.1, 0.15) is 5.75 Å². The molecule has 0 spiro atoms. The fourth-order valence-corrected chi connectivity index (χ4v) is 1.45. The molecule has 0 saturated heterocycles. The third-order valence-electron chi connectivity index (χ3n) is 1.70. The fraction of sp³-hybridized carbons (Fsp3) is 0.400. The Balaban J connectivity index is 2.32. The minimum atomic E-state index is -4.21. The number of ether oxygens (including phenoxy) is 1. The summed E-state index contributed by atoms with van der Waals surface area (Å²) >= 11 is -0.112. The molecule has 0 aliphatic rings. The molecule has 0 bridgehead atoms. The summed E-state index contributed by atoms with van der Waals surface area (Å²) in [5.74, 6) is 0.321. The quantitative estimate of drug-likeness (QED) is 0.817. The lowest BCUT2D eigenvalue weighted by Gasteiger charge is -2.08. The fourth-order valence-electron chi connectivity index (χ4n) is 1.05. The first-order chi connectivity index (χ1) is 7.51. The minimum absolute atomic E-state index is 0.0148. The monoisotopic (exact) mass is 252 g/mol. The summed E-state index contributed by atoms with van der Waals surface area (Å²) in [6.45, 7) is -0.131. The lowest BCUT2D eigenvalue weighted by molar-refractivity contribution is -0.0329. The largest absolute Gasteiger partial charge is 0.493 e. The predicted molar refractivity (Wildman–Crippen MR) is 56.4 cm³/mol. The maximum atomic E-state index is 11.8. The summed E-state index contributed by atoms with van der Waals surface area (Å²) in [6.07, 6.45) is 0. The van der Waals surface area contributed by atoms with Crippen molar-refractivity contribution in [1.82, 2.24) is 0 Å². The van der Waals surface area contributed by atoms with E-state index in [1.54, 1.807) is 24.3 Å². The Kier molecular flexibility index (Phi) is 4.95. The lowest BCUT2D eigenvalue weighted by atomic mass is 10.2. The molecule has 1 aromatic rings. The summed E-state index contributed by atoms with van der Waals surface area (Å²) in [7, 11) is 0. The molecule has 1 N–H and O–H groups in total. The molecule has 0 aromatic heterocycles. The second-order valence-corrected chi connectivity index (χ2v) is 4.11. The van der Waals surface area contributed by atoms with Crippen molar-refractivity contribution in [3.63, 3.8) is 0 Å². The van der Waals surface area contributed by atoms with Crippen molar-refractivity contribution in [2.75, 3.05) is 12.4 Å². The van der Waals surface area contributed by atoms with Crippen LogP contribution in [0.3, 0.4) is 0 Å². The molecule has 1 rings (SSSR count). The summed E-state index contributed by atoms with van der Waals surface area (Å²) in [5, 5.41) is 8.83. The van der Waals surface area contributed by atoms with Crippen LogP contribution in [0.5, 0.6) is 5.75 Å². The molecule has 1 aromatic carbocycles. The number of hydrogen-bond acceptors (Lipinski definition) is 3. The van der Waals surface area contributed by atoms with E-state index in [1.807, 2.05) is 0 Å². The van der Waals surface area contributed by atoms with Crippen LogP contribution in [0, 0.1) is 0 Å². The van der Waals surface area contributed by atoms with Gasteiger partial charge < -0.3 is 9.84 Å². The number of thioether (sulfide) groups is 1. The van der Waals surface area contributed by atoms with E-state index in [0.717, 1.165) is 0 Å². The highest BCUT2D eigenvalue weighted by Gasteiger charge is 2.27. The highest BCUT2D eigenvalue weighted by Crippen LogP contribution is 2.29. The Hall–Kier alpha value is -0.880. The molecule has 0 aliphatic carbocycles. The van der Waals surface area contributed by atoms with Crippen molar-refractivity contribution in [1.29, 1.82) is 0 Å². The summed E-state index contributed by atoms with van der Waals surface area (Å²) in [4.78, 5) is 0. The van der Waals surface area contributed by atoms with Gasteiger partial charge in [-0.1, -0.05) is 12.1 Å². The smallest absolute Gasteiger partial charge is 0.441 e. The Labute approximate surface area is 95.4 Å². The Morgan fingerprint density at radius 2 is 2.06 bits per heavy atom. The molecule has 0 atom stereocenters. The maximum Gasteiger partial charge on any atom is 0.441 e. The van der Waals surface area contributed by atoms with Crippen LogP contribution >= 0.6 is 11.8 Å². The Bertz CT molecular complexity index is 328. The number of rotatable bonds is 5. The topological polar surface area (TPSA) is 29.5 Å². The van der Waals surface area contributed by atoms with Gasteiger partial charge in [-0.05, 0) is 29.5 Å². The third kappa shape index (κ3) is 5.27. The first-order valence-electron chi connectivity index (χ1n) is 4.54. The van der Waals surface area contributed by atoms with Crippen LogP contribution in [0.25, 0.3) is 0 Å². The molecular formula is C10H11F3O2S. The van der Waals surface area contributed by atoms with Crippen molar-refractivity contribution < 1.29 is 23.0 Å². The van der Waals surface area contributed by atoms with E-state index in [4.69, 9.17) is 9.84 Å². The number of aliphatic hydroxyl groups is 1. The Morgan fingerprint density at radius 3 is 2.69 bits per heavy atom. The van der Waals surface area contributed by atoms with Crippen LogP contribution in [0.1, 0.15) is 5.56 Å². The highest BCUT2D eigenvalue weighted by molar-refractivity contribution is 8.00. The van der Waals surface area contributed by atoms with E-state index in [1.165, 1.54) is 0 Å². The van der Waals surface area contributed by atoms with Gasteiger partial charge in [0.15, 0.2) is 0 Å². The van der Waals surface area contributed by atoms with Crippen molar-refractivity contribution >= 4 is 11.8 Å². The summed E-state index contributed by atoms with van der Waals surface area (Å²) in [5.41, 5.74) is -3.54.